The summed E-state index contributed by atoms with van der Waals surface area (Å²) in [7, 11) is 1.77. The Bertz CT molecular complexity index is 658. The summed E-state index contributed by atoms with van der Waals surface area (Å²) in [5, 5.41) is 2.90. The number of fused-ring (bicyclic) bond motifs is 1. The molecule has 1 N–H and O–H groups in total. The number of carbonyl (C=O) groups excluding carboxylic acids is 1. The fourth-order valence-corrected chi connectivity index (χ4v) is 2.29. The molecule has 2 amide bonds. The number of carbonyl (C=O) groups is 1. The van der Waals surface area contributed by atoms with Crippen molar-refractivity contribution >= 4 is 6.03 Å². The van der Waals surface area contributed by atoms with Crippen molar-refractivity contribution in [2.45, 2.75) is 13.1 Å². The standard InChI is InChI=1S/C17H18N2O3/c1-19(17(20)18-10-13-5-3-2-4-6-13)11-14-7-8-15-16(9-14)22-12-21-15/h2-9H,10-12H2,1H3,(H,18,20). The number of amides is 2. The number of nitrogens with zero attached hydrogens (tertiary/aromatic N) is 1. The van der Waals surface area contributed by atoms with Crippen molar-refractivity contribution in [1.29, 1.82) is 0 Å². The zero-order valence-electron chi connectivity index (χ0n) is 12.4. The highest BCUT2D eigenvalue weighted by Crippen LogP contribution is 2.32. The third kappa shape index (κ3) is 3.31. The van der Waals surface area contributed by atoms with Crippen LogP contribution in [0.3, 0.4) is 0 Å². The fraction of sp³-hybridized carbons (Fsp3) is 0.235. The molecular weight excluding hydrogens is 280 g/mol. The lowest BCUT2D eigenvalue weighted by atomic mass is 10.2. The molecule has 0 spiro atoms. The van der Waals surface area contributed by atoms with Gasteiger partial charge in [0.25, 0.3) is 0 Å². The van der Waals surface area contributed by atoms with Gasteiger partial charge < -0.3 is 19.7 Å². The molecule has 2 aromatic rings. The van der Waals surface area contributed by atoms with Crippen molar-refractivity contribution in [3.05, 3.63) is 59.7 Å². The van der Waals surface area contributed by atoms with Gasteiger partial charge in [-0.15, -0.1) is 0 Å². The highest BCUT2D eigenvalue weighted by Gasteiger charge is 2.15. The van der Waals surface area contributed by atoms with Gasteiger partial charge in [-0.1, -0.05) is 36.4 Å². The van der Waals surface area contributed by atoms with E-state index in [9.17, 15) is 4.79 Å². The van der Waals surface area contributed by atoms with Gasteiger partial charge >= 0.3 is 6.03 Å². The second kappa shape index (κ2) is 6.39. The Morgan fingerprint density at radius 2 is 1.86 bits per heavy atom. The van der Waals surface area contributed by atoms with Crippen LogP contribution >= 0.6 is 0 Å². The molecule has 0 fully saturated rings. The second-order valence-corrected chi connectivity index (χ2v) is 5.19. The number of urea groups is 1. The van der Waals surface area contributed by atoms with Crippen LogP contribution < -0.4 is 14.8 Å². The first kappa shape index (κ1) is 14.3. The molecular formula is C17H18N2O3. The van der Waals surface area contributed by atoms with Crippen molar-refractivity contribution in [3.63, 3.8) is 0 Å². The largest absolute Gasteiger partial charge is 0.454 e. The van der Waals surface area contributed by atoms with Gasteiger partial charge in [0.05, 0.1) is 0 Å². The Labute approximate surface area is 129 Å². The van der Waals surface area contributed by atoms with Gasteiger partial charge in [-0.05, 0) is 23.3 Å². The van der Waals surface area contributed by atoms with Crippen LogP contribution in [0.25, 0.3) is 0 Å². The summed E-state index contributed by atoms with van der Waals surface area (Å²) < 4.78 is 10.6. The lowest BCUT2D eigenvalue weighted by Gasteiger charge is -2.18. The molecule has 0 saturated carbocycles. The lowest BCUT2D eigenvalue weighted by Crippen LogP contribution is -2.36. The zero-order valence-corrected chi connectivity index (χ0v) is 12.4. The predicted octanol–water partition coefficient (Wildman–Crippen LogP) is 2.76. The first-order valence-corrected chi connectivity index (χ1v) is 7.14. The Morgan fingerprint density at radius 3 is 2.68 bits per heavy atom. The van der Waals surface area contributed by atoms with Gasteiger partial charge in [-0.3, -0.25) is 0 Å². The molecule has 2 aromatic carbocycles. The van der Waals surface area contributed by atoms with Crippen LogP contribution in [0.5, 0.6) is 11.5 Å². The molecule has 114 valence electrons. The first-order chi connectivity index (χ1) is 10.7. The lowest BCUT2D eigenvalue weighted by molar-refractivity contribution is 0.174. The minimum absolute atomic E-state index is 0.110. The molecule has 1 heterocycles. The Morgan fingerprint density at radius 1 is 1.09 bits per heavy atom. The Kier molecular flexibility index (Phi) is 4.14. The van der Waals surface area contributed by atoms with Crippen LogP contribution in [0.15, 0.2) is 48.5 Å². The first-order valence-electron chi connectivity index (χ1n) is 7.14. The minimum Gasteiger partial charge on any atom is -0.454 e. The highest BCUT2D eigenvalue weighted by atomic mass is 16.7. The molecule has 0 unspecified atom stereocenters. The monoisotopic (exact) mass is 298 g/mol. The van der Waals surface area contributed by atoms with Crippen molar-refractivity contribution in [3.8, 4) is 11.5 Å². The average molecular weight is 298 g/mol. The number of nitrogens with one attached hydrogen (secondary N) is 1. The predicted molar refractivity (Wildman–Crippen MR) is 82.7 cm³/mol. The summed E-state index contributed by atoms with van der Waals surface area (Å²) in [6, 6.07) is 15.4. The molecule has 3 rings (SSSR count). The maximum absolute atomic E-state index is 12.1. The number of hydrogen-bond acceptors (Lipinski definition) is 3. The van der Waals surface area contributed by atoms with Crippen LogP contribution in [-0.2, 0) is 13.1 Å². The molecule has 5 nitrogen and oxygen atoms in total. The SMILES string of the molecule is CN(Cc1ccc2c(c1)OCO2)C(=O)NCc1ccccc1. The molecule has 0 radical (unpaired) electrons. The van der Waals surface area contributed by atoms with E-state index >= 15 is 0 Å². The summed E-state index contributed by atoms with van der Waals surface area (Å²) in [6.45, 7) is 1.29. The molecule has 0 aromatic heterocycles. The van der Waals surface area contributed by atoms with Crippen molar-refractivity contribution < 1.29 is 14.3 Å². The van der Waals surface area contributed by atoms with Crippen LogP contribution in [0.2, 0.25) is 0 Å². The highest BCUT2D eigenvalue weighted by molar-refractivity contribution is 5.73. The van der Waals surface area contributed by atoms with E-state index in [4.69, 9.17) is 9.47 Å². The zero-order chi connectivity index (χ0) is 15.4. The fourth-order valence-electron chi connectivity index (χ4n) is 2.29. The smallest absolute Gasteiger partial charge is 0.317 e. The maximum Gasteiger partial charge on any atom is 0.317 e. The third-order valence-electron chi connectivity index (χ3n) is 3.49. The topological polar surface area (TPSA) is 50.8 Å². The van der Waals surface area contributed by atoms with E-state index in [2.05, 4.69) is 5.32 Å². The Balaban J connectivity index is 1.55. The minimum atomic E-state index is -0.110. The molecule has 0 aliphatic carbocycles. The number of ether oxygens (including phenoxy) is 2. The van der Waals surface area contributed by atoms with Gasteiger partial charge in [0.15, 0.2) is 11.5 Å². The van der Waals surface area contributed by atoms with E-state index < -0.39 is 0 Å². The van der Waals surface area contributed by atoms with E-state index in [1.165, 1.54) is 0 Å². The van der Waals surface area contributed by atoms with E-state index in [0.717, 1.165) is 22.6 Å². The number of rotatable bonds is 4. The molecule has 1 aliphatic rings. The van der Waals surface area contributed by atoms with Gasteiger partial charge in [0, 0.05) is 20.1 Å². The van der Waals surface area contributed by atoms with Crippen molar-refractivity contribution in [2.75, 3.05) is 13.8 Å². The van der Waals surface area contributed by atoms with Crippen LogP contribution in [0, 0.1) is 0 Å². The van der Waals surface area contributed by atoms with Crippen LogP contribution in [0.1, 0.15) is 11.1 Å². The van der Waals surface area contributed by atoms with Gasteiger partial charge in [-0.2, -0.15) is 0 Å². The van der Waals surface area contributed by atoms with Crippen LogP contribution in [0.4, 0.5) is 4.79 Å². The summed E-state index contributed by atoms with van der Waals surface area (Å²) in [5.74, 6) is 1.48. The maximum atomic E-state index is 12.1. The molecule has 0 bridgehead atoms. The molecule has 0 atom stereocenters. The molecule has 0 saturated heterocycles. The van der Waals surface area contributed by atoms with Gasteiger partial charge in [0.1, 0.15) is 0 Å². The quantitative estimate of drug-likeness (QED) is 0.944. The number of benzene rings is 2. The van der Waals surface area contributed by atoms with Gasteiger partial charge in [-0.25, -0.2) is 4.79 Å². The summed E-state index contributed by atoms with van der Waals surface area (Å²) >= 11 is 0. The van der Waals surface area contributed by atoms with Crippen LogP contribution in [-0.4, -0.2) is 24.8 Å². The second-order valence-electron chi connectivity index (χ2n) is 5.19. The van der Waals surface area contributed by atoms with Gasteiger partial charge in [0.2, 0.25) is 6.79 Å². The van der Waals surface area contributed by atoms with E-state index in [-0.39, 0.29) is 12.8 Å². The van der Waals surface area contributed by atoms with Crippen molar-refractivity contribution in [2.24, 2.45) is 0 Å². The third-order valence-corrected chi connectivity index (χ3v) is 3.49. The molecule has 22 heavy (non-hydrogen) atoms. The summed E-state index contributed by atoms with van der Waals surface area (Å²) in [4.78, 5) is 13.8. The summed E-state index contributed by atoms with van der Waals surface area (Å²) in [5.41, 5.74) is 2.08. The van der Waals surface area contributed by atoms with E-state index in [1.54, 1.807) is 11.9 Å². The summed E-state index contributed by atoms with van der Waals surface area (Å²) in [6.07, 6.45) is 0. The number of hydrogen-bond donors (Lipinski definition) is 1. The van der Waals surface area contributed by atoms with Crippen molar-refractivity contribution in [1.82, 2.24) is 10.2 Å². The molecule has 1 aliphatic heterocycles. The average Bonchev–Trinajstić information content (AvgIpc) is 3.01. The normalized spacial score (nSPS) is 12.0. The van der Waals surface area contributed by atoms with E-state index in [1.807, 2.05) is 48.5 Å². The van der Waals surface area contributed by atoms with E-state index in [0.29, 0.717) is 13.1 Å². The Hall–Kier alpha value is -2.69. The molecule has 5 heteroatoms.